The van der Waals surface area contributed by atoms with Gasteiger partial charge in [-0.1, -0.05) is 25.1 Å². The monoisotopic (exact) mass is 390 g/mol. The van der Waals surface area contributed by atoms with Crippen molar-refractivity contribution in [2.45, 2.75) is 39.4 Å². The van der Waals surface area contributed by atoms with Crippen LogP contribution in [0, 0.1) is 5.82 Å². The summed E-state index contributed by atoms with van der Waals surface area (Å²) < 4.78 is 20.2. The van der Waals surface area contributed by atoms with E-state index in [1.165, 1.54) is 22.8 Å². The molecule has 1 amide bonds. The second-order valence-electron chi connectivity index (χ2n) is 6.28. The van der Waals surface area contributed by atoms with Gasteiger partial charge in [0.1, 0.15) is 12.4 Å². The normalized spacial score (nSPS) is 12.3. The van der Waals surface area contributed by atoms with Gasteiger partial charge in [-0.05, 0) is 30.9 Å². The Kier molecular flexibility index (Phi) is 5.50. The molecule has 27 heavy (non-hydrogen) atoms. The molecule has 0 unspecified atom stereocenters. The summed E-state index contributed by atoms with van der Waals surface area (Å²) in [5.74, 6) is -0.849. The van der Waals surface area contributed by atoms with E-state index in [0.29, 0.717) is 5.52 Å². The van der Waals surface area contributed by atoms with Gasteiger partial charge < -0.3 is 5.32 Å². The minimum absolute atomic E-state index is 0.0337. The Hall–Kier alpha value is -2.81. The highest BCUT2D eigenvalue weighted by molar-refractivity contribution is 7.04. The van der Waals surface area contributed by atoms with E-state index in [1.807, 2.05) is 13.8 Å². The van der Waals surface area contributed by atoms with Gasteiger partial charge in [-0.3, -0.25) is 18.7 Å². The van der Waals surface area contributed by atoms with Crippen molar-refractivity contribution in [3.63, 3.8) is 0 Å². The van der Waals surface area contributed by atoms with Gasteiger partial charge in [-0.15, -0.1) is 0 Å². The van der Waals surface area contributed by atoms with Crippen LogP contribution in [-0.2, 0) is 17.9 Å². The Labute approximate surface area is 158 Å². The maximum atomic E-state index is 14.0. The Morgan fingerprint density at radius 2 is 2.04 bits per heavy atom. The zero-order valence-corrected chi connectivity index (χ0v) is 15.8. The molecule has 0 aliphatic rings. The number of hydrogen-bond acceptors (Lipinski definition) is 5. The van der Waals surface area contributed by atoms with Crippen molar-refractivity contribution in [1.82, 2.24) is 18.8 Å². The van der Waals surface area contributed by atoms with Gasteiger partial charge in [0.2, 0.25) is 5.91 Å². The maximum absolute atomic E-state index is 14.0. The summed E-state index contributed by atoms with van der Waals surface area (Å²) >= 11 is 1.02. The van der Waals surface area contributed by atoms with Crippen molar-refractivity contribution in [2.75, 3.05) is 0 Å². The van der Waals surface area contributed by atoms with E-state index < -0.39 is 17.1 Å². The predicted octanol–water partition coefficient (Wildman–Crippen LogP) is 1.72. The smallest absolute Gasteiger partial charge is 0.332 e. The first-order valence-corrected chi connectivity index (χ1v) is 9.36. The van der Waals surface area contributed by atoms with Gasteiger partial charge in [-0.25, -0.2) is 9.18 Å². The van der Waals surface area contributed by atoms with Crippen LogP contribution in [0.4, 0.5) is 4.39 Å². The van der Waals surface area contributed by atoms with Crippen LogP contribution in [0.15, 0.2) is 39.2 Å². The molecule has 3 aromatic rings. The standard InChI is InChI=1S/C18H19FN4O3S/c1-3-11(2)20-15(24)9-22-14-10-27-21-16(14)17(25)23(18(22)26)8-12-6-4-5-7-13(12)19/h4-7,10-11H,3,8-9H2,1-2H3,(H,20,24)/t11-/m1/s1. The number of fused-ring (bicyclic) bond motifs is 1. The van der Waals surface area contributed by atoms with E-state index in [2.05, 4.69) is 9.69 Å². The number of carbonyl (C=O) groups is 1. The number of hydrogen-bond donors (Lipinski definition) is 1. The second-order valence-corrected chi connectivity index (χ2v) is 6.91. The molecular weight excluding hydrogens is 371 g/mol. The number of nitrogens with zero attached hydrogens (tertiary/aromatic N) is 3. The molecule has 7 nitrogen and oxygen atoms in total. The van der Waals surface area contributed by atoms with Crippen LogP contribution in [0.3, 0.4) is 0 Å². The van der Waals surface area contributed by atoms with Gasteiger partial charge in [0.25, 0.3) is 5.56 Å². The Bertz CT molecular complexity index is 1100. The van der Waals surface area contributed by atoms with E-state index in [4.69, 9.17) is 0 Å². The molecule has 1 aromatic carbocycles. The average Bonchev–Trinajstić information content (AvgIpc) is 3.13. The number of nitrogens with one attached hydrogen (secondary N) is 1. The molecular formula is C18H19FN4O3S. The molecule has 0 bridgehead atoms. The molecule has 9 heteroatoms. The molecule has 0 aliphatic heterocycles. The van der Waals surface area contributed by atoms with Crippen LogP contribution >= 0.6 is 11.5 Å². The third kappa shape index (κ3) is 3.82. The Morgan fingerprint density at radius 3 is 2.74 bits per heavy atom. The van der Waals surface area contributed by atoms with Crippen molar-refractivity contribution in [3.05, 3.63) is 61.9 Å². The van der Waals surface area contributed by atoms with E-state index >= 15 is 0 Å². The lowest BCUT2D eigenvalue weighted by molar-refractivity contribution is -0.122. The van der Waals surface area contributed by atoms with Gasteiger partial charge in [0.05, 0.1) is 12.1 Å². The fourth-order valence-corrected chi connectivity index (χ4v) is 3.36. The summed E-state index contributed by atoms with van der Waals surface area (Å²) in [6, 6.07) is 5.89. The summed E-state index contributed by atoms with van der Waals surface area (Å²) in [4.78, 5) is 37.8. The van der Waals surface area contributed by atoms with E-state index in [0.717, 1.165) is 22.5 Å². The maximum Gasteiger partial charge on any atom is 0.332 e. The average molecular weight is 390 g/mol. The molecule has 0 spiro atoms. The first-order chi connectivity index (χ1) is 12.9. The van der Waals surface area contributed by atoms with Crippen molar-refractivity contribution in [1.29, 1.82) is 0 Å². The number of rotatable bonds is 6. The molecule has 3 rings (SSSR count). The van der Waals surface area contributed by atoms with Crippen molar-refractivity contribution in [3.8, 4) is 0 Å². The van der Waals surface area contributed by atoms with Crippen LogP contribution in [0.5, 0.6) is 0 Å². The lowest BCUT2D eigenvalue weighted by Crippen LogP contribution is -2.43. The summed E-state index contributed by atoms with van der Waals surface area (Å²) in [7, 11) is 0. The van der Waals surface area contributed by atoms with E-state index in [-0.39, 0.29) is 36.1 Å². The third-order valence-electron chi connectivity index (χ3n) is 4.36. The van der Waals surface area contributed by atoms with Crippen LogP contribution in [0.1, 0.15) is 25.8 Å². The number of amides is 1. The first-order valence-electron chi connectivity index (χ1n) is 8.52. The Balaban J connectivity index is 2.08. The van der Waals surface area contributed by atoms with Gasteiger partial charge in [0, 0.05) is 17.0 Å². The summed E-state index contributed by atoms with van der Waals surface area (Å²) in [6.07, 6.45) is 0.753. The van der Waals surface area contributed by atoms with Crippen LogP contribution < -0.4 is 16.6 Å². The highest BCUT2D eigenvalue weighted by atomic mass is 32.1. The van der Waals surface area contributed by atoms with Crippen molar-refractivity contribution in [2.24, 2.45) is 0 Å². The molecule has 1 N–H and O–H groups in total. The van der Waals surface area contributed by atoms with Gasteiger partial charge in [-0.2, -0.15) is 4.37 Å². The molecule has 1 atom stereocenters. The second kappa shape index (κ2) is 7.83. The number of aromatic nitrogens is 3. The zero-order valence-electron chi connectivity index (χ0n) is 14.9. The zero-order chi connectivity index (χ0) is 19.6. The minimum Gasteiger partial charge on any atom is -0.352 e. The molecule has 0 saturated heterocycles. The molecule has 0 aliphatic carbocycles. The van der Waals surface area contributed by atoms with Crippen molar-refractivity contribution < 1.29 is 9.18 Å². The van der Waals surface area contributed by atoms with E-state index in [1.54, 1.807) is 11.4 Å². The molecule has 0 radical (unpaired) electrons. The third-order valence-corrected chi connectivity index (χ3v) is 4.98. The summed E-state index contributed by atoms with van der Waals surface area (Å²) in [5.41, 5.74) is -0.665. The molecule has 2 heterocycles. The molecule has 0 saturated carbocycles. The topological polar surface area (TPSA) is 86.0 Å². The number of halogens is 1. The van der Waals surface area contributed by atoms with Crippen molar-refractivity contribution >= 4 is 28.5 Å². The van der Waals surface area contributed by atoms with Crippen LogP contribution in [0.25, 0.3) is 11.0 Å². The van der Waals surface area contributed by atoms with Crippen LogP contribution in [-0.4, -0.2) is 25.5 Å². The SMILES string of the molecule is CC[C@@H](C)NC(=O)Cn1c(=O)n(Cc2ccccc2F)c(=O)c2nscc21. The highest BCUT2D eigenvalue weighted by Crippen LogP contribution is 2.11. The van der Waals surface area contributed by atoms with Crippen LogP contribution in [0.2, 0.25) is 0 Å². The van der Waals surface area contributed by atoms with E-state index in [9.17, 15) is 18.8 Å². The summed E-state index contributed by atoms with van der Waals surface area (Å²) in [6.45, 7) is 3.33. The van der Waals surface area contributed by atoms with Gasteiger partial charge in [0.15, 0.2) is 5.52 Å². The Morgan fingerprint density at radius 1 is 1.30 bits per heavy atom. The molecule has 142 valence electrons. The molecule has 0 fully saturated rings. The predicted molar refractivity (Wildman–Crippen MR) is 102 cm³/mol. The lowest BCUT2D eigenvalue weighted by Gasteiger charge is -2.14. The quantitative estimate of drug-likeness (QED) is 0.694. The number of carbonyl (C=O) groups excluding carboxylic acids is 1. The fraction of sp³-hybridized carbons (Fsp3) is 0.333. The summed E-state index contributed by atoms with van der Waals surface area (Å²) in [5, 5.41) is 4.35. The van der Waals surface area contributed by atoms with Gasteiger partial charge >= 0.3 is 5.69 Å². The minimum atomic E-state index is -0.671. The lowest BCUT2D eigenvalue weighted by atomic mass is 10.2. The first kappa shape index (κ1) is 19.0. The largest absolute Gasteiger partial charge is 0.352 e. The highest BCUT2D eigenvalue weighted by Gasteiger charge is 2.18. The number of benzene rings is 1. The molecule has 2 aromatic heterocycles. The fourth-order valence-electron chi connectivity index (χ4n) is 2.69.